The summed E-state index contributed by atoms with van der Waals surface area (Å²) in [5.74, 6) is 0.702. The number of ether oxygens (including phenoxy) is 3. The van der Waals surface area contributed by atoms with Gasteiger partial charge in [0.15, 0.2) is 12.4 Å². The summed E-state index contributed by atoms with van der Waals surface area (Å²) in [5, 5.41) is 20.1. The van der Waals surface area contributed by atoms with E-state index in [0.717, 1.165) is 27.8 Å². The van der Waals surface area contributed by atoms with Crippen LogP contribution in [0.2, 0.25) is 0 Å². The van der Waals surface area contributed by atoms with E-state index in [4.69, 9.17) is 9.47 Å². The molecule has 2 N–H and O–H groups in total. The Labute approximate surface area is 218 Å². The van der Waals surface area contributed by atoms with E-state index < -0.39 is 18.8 Å². The molecule has 0 saturated carbocycles. The molecule has 0 bridgehead atoms. The smallest absolute Gasteiger partial charge is 0.497 e. The minimum Gasteiger partial charge on any atom is -0.497 e. The van der Waals surface area contributed by atoms with Crippen LogP contribution in [0.1, 0.15) is 25.1 Å². The summed E-state index contributed by atoms with van der Waals surface area (Å²) in [6.45, 7) is 5.90. The van der Waals surface area contributed by atoms with Gasteiger partial charge in [-0.2, -0.15) is 0 Å². The highest BCUT2D eigenvalue weighted by Crippen LogP contribution is 2.38. The first-order valence-corrected chi connectivity index (χ1v) is 12.1. The van der Waals surface area contributed by atoms with E-state index in [-0.39, 0.29) is 11.7 Å². The second kappa shape index (κ2) is 11.0. The molecule has 0 amide bonds. The second-order valence-corrected chi connectivity index (χ2v) is 9.39. The highest BCUT2D eigenvalue weighted by molar-refractivity contribution is 5.98. The third kappa shape index (κ3) is 6.06. The van der Waals surface area contributed by atoms with Crippen LogP contribution in [0.15, 0.2) is 66.7 Å². The first-order valence-electron chi connectivity index (χ1n) is 12.1. The molecule has 0 aliphatic rings. The van der Waals surface area contributed by atoms with Crippen LogP contribution in [0.4, 0.5) is 13.2 Å². The fourth-order valence-corrected chi connectivity index (χ4v) is 4.58. The molecular formula is C29H30F3NO5. The average molecular weight is 530 g/mol. The molecule has 0 fully saturated rings. The van der Waals surface area contributed by atoms with Gasteiger partial charge in [0, 0.05) is 29.3 Å². The zero-order valence-electron chi connectivity index (χ0n) is 21.5. The van der Waals surface area contributed by atoms with E-state index in [0.29, 0.717) is 23.6 Å². The number of nitrogens with zero attached hydrogens (tertiary/aromatic N) is 1. The highest BCUT2D eigenvalue weighted by Gasteiger charge is 2.31. The van der Waals surface area contributed by atoms with Crippen LogP contribution in [0.3, 0.4) is 0 Å². The van der Waals surface area contributed by atoms with Crippen LogP contribution in [-0.2, 0) is 6.54 Å². The molecule has 0 saturated heterocycles. The Balaban J connectivity index is 1.79. The van der Waals surface area contributed by atoms with Crippen LogP contribution in [-0.4, -0.2) is 40.6 Å². The van der Waals surface area contributed by atoms with Crippen molar-refractivity contribution >= 4 is 10.9 Å². The number of methoxy groups -OCH3 is 1. The molecular weight excluding hydrogens is 499 g/mol. The maximum Gasteiger partial charge on any atom is 0.573 e. The number of alkyl halides is 3. The maximum atomic E-state index is 13.0. The predicted molar refractivity (Wildman–Crippen MR) is 138 cm³/mol. The number of aliphatic hydroxyl groups is 2. The summed E-state index contributed by atoms with van der Waals surface area (Å²) in [6, 6.07) is 19.0. The Morgan fingerprint density at radius 2 is 1.58 bits per heavy atom. The minimum absolute atomic E-state index is 0.145. The Kier molecular flexibility index (Phi) is 7.89. The van der Waals surface area contributed by atoms with Crippen molar-refractivity contribution in [2.75, 3.05) is 7.11 Å². The highest BCUT2D eigenvalue weighted by atomic mass is 19.4. The number of aromatic nitrogens is 1. The fraction of sp³-hybridized carbons (Fsp3) is 0.310. The molecule has 0 spiro atoms. The molecule has 9 heteroatoms. The van der Waals surface area contributed by atoms with Gasteiger partial charge in [0.2, 0.25) is 0 Å². The van der Waals surface area contributed by atoms with Gasteiger partial charge in [0.1, 0.15) is 17.2 Å². The van der Waals surface area contributed by atoms with Crippen LogP contribution >= 0.6 is 0 Å². The van der Waals surface area contributed by atoms with Gasteiger partial charge in [-0.3, -0.25) is 0 Å². The standard InChI is InChI=1S/C29H30F3NO5/c1-17(2)27(28(34)35)37-22-7-5-6-19(14-22)16-33-18(3)26(20-8-10-21(36-4)11-9-20)24-13-12-23(15-25(24)33)38-29(30,31)32/h5-15,17,27-28,34-35H,16H2,1-4H3. The number of halogens is 3. The van der Waals surface area contributed by atoms with Crippen molar-refractivity contribution in [3.8, 4) is 28.4 Å². The summed E-state index contributed by atoms with van der Waals surface area (Å²) >= 11 is 0. The number of fused-ring (bicyclic) bond motifs is 1. The molecule has 0 aliphatic heterocycles. The van der Waals surface area contributed by atoms with Crippen molar-refractivity contribution < 1.29 is 37.6 Å². The maximum absolute atomic E-state index is 13.0. The van der Waals surface area contributed by atoms with E-state index in [1.165, 1.54) is 12.1 Å². The molecule has 1 heterocycles. The fourth-order valence-electron chi connectivity index (χ4n) is 4.58. The van der Waals surface area contributed by atoms with E-state index in [1.54, 1.807) is 31.4 Å². The van der Waals surface area contributed by atoms with Gasteiger partial charge < -0.3 is 29.0 Å². The molecule has 38 heavy (non-hydrogen) atoms. The van der Waals surface area contributed by atoms with Crippen LogP contribution < -0.4 is 14.2 Å². The molecule has 6 nitrogen and oxygen atoms in total. The van der Waals surface area contributed by atoms with Crippen molar-refractivity contribution in [2.45, 2.75) is 46.1 Å². The van der Waals surface area contributed by atoms with Crippen molar-refractivity contribution in [3.63, 3.8) is 0 Å². The third-order valence-corrected chi connectivity index (χ3v) is 6.37. The Hall–Kier alpha value is -3.69. The monoisotopic (exact) mass is 529 g/mol. The van der Waals surface area contributed by atoms with E-state index in [9.17, 15) is 23.4 Å². The van der Waals surface area contributed by atoms with Gasteiger partial charge in [0.05, 0.1) is 12.6 Å². The Morgan fingerprint density at radius 3 is 2.18 bits per heavy atom. The summed E-state index contributed by atoms with van der Waals surface area (Å²) in [6.07, 6.45) is -7.27. The lowest BCUT2D eigenvalue weighted by Gasteiger charge is -2.24. The first-order chi connectivity index (χ1) is 18.0. The zero-order valence-corrected chi connectivity index (χ0v) is 21.5. The normalized spacial score (nSPS) is 12.8. The van der Waals surface area contributed by atoms with Gasteiger partial charge in [0.25, 0.3) is 0 Å². The van der Waals surface area contributed by atoms with Crippen LogP contribution in [0.25, 0.3) is 22.0 Å². The molecule has 1 atom stereocenters. The van der Waals surface area contributed by atoms with Crippen molar-refractivity contribution in [2.24, 2.45) is 5.92 Å². The van der Waals surface area contributed by atoms with Gasteiger partial charge in [-0.15, -0.1) is 13.2 Å². The van der Waals surface area contributed by atoms with Crippen LogP contribution in [0.5, 0.6) is 17.2 Å². The zero-order chi connectivity index (χ0) is 27.6. The van der Waals surface area contributed by atoms with Crippen molar-refractivity contribution in [1.29, 1.82) is 0 Å². The molecule has 4 aromatic rings. The van der Waals surface area contributed by atoms with Crippen molar-refractivity contribution in [3.05, 3.63) is 78.0 Å². The number of aliphatic hydroxyl groups excluding tert-OH is 1. The van der Waals surface area contributed by atoms with Gasteiger partial charge in [-0.25, -0.2) is 0 Å². The number of hydrogen-bond acceptors (Lipinski definition) is 5. The SMILES string of the molecule is COc1ccc(-c2c(C)n(Cc3cccc(OC(C(C)C)C(O)O)c3)c3cc(OC(F)(F)F)ccc23)cc1. The Morgan fingerprint density at radius 1 is 0.895 bits per heavy atom. The van der Waals surface area contributed by atoms with Gasteiger partial charge >= 0.3 is 6.36 Å². The van der Waals surface area contributed by atoms with E-state index in [2.05, 4.69) is 4.74 Å². The lowest BCUT2D eigenvalue weighted by molar-refractivity contribution is -0.274. The quantitative estimate of drug-likeness (QED) is 0.250. The van der Waals surface area contributed by atoms with E-state index >= 15 is 0 Å². The third-order valence-electron chi connectivity index (χ3n) is 6.37. The number of rotatable bonds is 9. The molecule has 1 unspecified atom stereocenters. The molecule has 0 aliphatic carbocycles. The predicted octanol–water partition coefficient (Wildman–Crippen LogP) is 6.29. The van der Waals surface area contributed by atoms with Crippen LogP contribution in [0, 0.1) is 12.8 Å². The number of hydrogen-bond donors (Lipinski definition) is 2. The summed E-state index contributed by atoms with van der Waals surface area (Å²) in [7, 11) is 1.58. The summed E-state index contributed by atoms with van der Waals surface area (Å²) < 4.78 is 56.2. The lowest BCUT2D eigenvalue weighted by Crippen LogP contribution is -2.36. The Bertz CT molecular complexity index is 1390. The molecule has 4 rings (SSSR count). The molecule has 0 radical (unpaired) electrons. The van der Waals surface area contributed by atoms with E-state index in [1.807, 2.05) is 55.7 Å². The second-order valence-electron chi connectivity index (χ2n) is 9.39. The largest absolute Gasteiger partial charge is 0.573 e. The minimum atomic E-state index is -4.81. The summed E-state index contributed by atoms with van der Waals surface area (Å²) in [4.78, 5) is 0. The van der Waals surface area contributed by atoms with Gasteiger partial charge in [-0.1, -0.05) is 38.1 Å². The van der Waals surface area contributed by atoms with Crippen molar-refractivity contribution in [1.82, 2.24) is 4.57 Å². The average Bonchev–Trinajstić information content (AvgIpc) is 3.12. The summed E-state index contributed by atoms with van der Waals surface area (Å²) in [5.41, 5.74) is 4.03. The topological polar surface area (TPSA) is 73.1 Å². The lowest BCUT2D eigenvalue weighted by atomic mass is 10.0. The number of benzene rings is 3. The molecule has 202 valence electrons. The first kappa shape index (κ1) is 27.3. The van der Waals surface area contributed by atoms with Gasteiger partial charge in [-0.05, 0) is 60.4 Å². The molecule has 1 aromatic heterocycles. The molecule has 3 aromatic carbocycles.